The normalized spacial score (nSPS) is 11.2. The maximum atomic E-state index is 11.7. The zero-order chi connectivity index (χ0) is 12.3. The molecule has 88 valence electrons. The van der Waals surface area contributed by atoms with Crippen LogP contribution in [0.2, 0.25) is 0 Å². The Morgan fingerprint density at radius 3 is 2.94 bits per heavy atom. The van der Waals surface area contributed by atoms with E-state index in [0.29, 0.717) is 5.69 Å². The molecule has 0 fully saturated rings. The SMILES string of the molecule is CCn1nccc1C=CC(=O)c1cnn(C)n1. The van der Waals surface area contributed by atoms with Gasteiger partial charge >= 0.3 is 0 Å². The molecule has 2 rings (SSSR count). The molecule has 0 aliphatic heterocycles. The van der Waals surface area contributed by atoms with Gasteiger partial charge in [0.05, 0.1) is 11.9 Å². The summed E-state index contributed by atoms with van der Waals surface area (Å²) < 4.78 is 1.81. The van der Waals surface area contributed by atoms with Crippen LogP contribution in [-0.2, 0) is 13.6 Å². The number of hydrogen-bond acceptors (Lipinski definition) is 4. The molecule has 0 unspecified atom stereocenters. The molecule has 0 amide bonds. The van der Waals surface area contributed by atoms with Gasteiger partial charge in [0.2, 0.25) is 5.78 Å². The highest BCUT2D eigenvalue weighted by atomic mass is 16.1. The molecule has 0 aliphatic rings. The van der Waals surface area contributed by atoms with Crippen LogP contribution in [0.15, 0.2) is 24.5 Å². The highest BCUT2D eigenvalue weighted by Gasteiger charge is 2.06. The number of aromatic nitrogens is 5. The summed E-state index contributed by atoms with van der Waals surface area (Å²) in [4.78, 5) is 13.1. The van der Waals surface area contributed by atoms with Crippen molar-refractivity contribution in [3.05, 3.63) is 35.9 Å². The van der Waals surface area contributed by atoms with E-state index in [1.807, 2.05) is 13.0 Å². The van der Waals surface area contributed by atoms with Crippen LogP contribution in [0.5, 0.6) is 0 Å². The number of hydrogen-bond donors (Lipinski definition) is 0. The van der Waals surface area contributed by atoms with Crippen LogP contribution < -0.4 is 0 Å². The molecule has 0 radical (unpaired) electrons. The van der Waals surface area contributed by atoms with Crippen LogP contribution in [0, 0.1) is 0 Å². The molecule has 0 bridgehead atoms. The van der Waals surface area contributed by atoms with Crippen molar-refractivity contribution in [2.24, 2.45) is 7.05 Å². The van der Waals surface area contributed by atoms with Gasteiger partial charge in [-0.2, -0.15) is 20.1 Å². The molecule has 0 saturated heterocycles. The van der Waals surface area contributed by atoms with Crippen molar-refractivity contribution in [3.63, 3.8) is 0 Å². The maximum absolute atomic E-state index is 11.7. The van der Waals surface area contributed by atoms with E-state index in [2.05, 4.69) is 15.3 Å². The summed E-state index contributed by atoms with van der Waals surface area (Å²) in [5.41, 5.74) is 1.23. The lowest BCUT2D eigenvalue weighted by Crippen LogP contribution is -2.00. The minimum Gasteiger partial charge on any atom is -0.287 e. The Balaban J connectivity index is 2.13. The van der Waals surface area contributed by atoms with Gasteiger partial charge in [-0.15, -0.1) is 0 Å². The van der Waals surface area contributed by atoms with E-state index in [1.165, 1.54) is 17.1 Å². The van der Waals surface area contributed by atoms with Crippen molar-refractivity contribution >= 4 is 11.9 Å². The number of aryl methyl sites for hydroxylation is 2. The Kier molecular flexibility index (Phi) is 3.13. The number of carbonyl (C=O) groups excluding carboxylic acids is 1. The summed E-state index contributed by atoms with van der Waals surface area (Å²) >= 11 is 0. The highest BCUT2D eigenvalue weighted by molar-refractivity contribution is 6.05. The lowest BCUT2D eigenvalue weighted by Gasteiger charge is -1.97. The molecule has 0 atom stereocenters. The van der Waals surface area contributed by atoms with Crippen LogP contribution in [0.25, 0.3) is 6.08 Å². The van der Waals surface area contributed by atoms with Crippen LogP contribution in [0.1, 0.15) is 23.1 Å². The third kappa shape index (κ3) is 2.47. The lowest BCUT2D eigenvalue weighted by atomic mass is 10.2. The van der Waals surface area contributed by atoms with E-state index in [-0.39, 0.29) is 5.78 Å². The largest absolute Gasteiger partial charge is 0.287 e. The van der Waals surface area contributed by atoms with Crippen molar-refractivity contribution < 1.29 is 4.79 Å². The fourth-order valence-electron chi connectivity index (χ4n) is 1.45. The summed E-state index contributed by atoms with van der Waals surface area (Å²) in [7, 11) is 1.67. The average Bonchev–Trinajstić information content (AvgIpc) is 2.94. The van der Waals surface area contributed by atoms with E-state index in [4.69, 9.17) is 0 Å². The molecule has 0 aliphatic carbocycles. The minimum absolute atomic E-state index is 0.165. The van der Waals surface area contributed by atoms with E-state index in [9.17, 15) is 4.79 Å². The lowest BCUT2D eigenvalue weighted by molar-refractivity contribution is 0.104. The smallest absolute Gasteiger partial charge is 0.207 e. The van der Waals surface area contributed by atoms with Gasteiger partial charge in [-0.1, -0.05) is 0 Å². The Labute approximate surface area is 98.6 Å². The average molecular weight is 231 g/mol. The van der Waals surface area contributed by atoms with E-state index in [0.717, 1.165) is 12.2 Å². The second-order valence-corrected chi connectivity index (χ2v) is 3.49. The third-order valence-corrected chi connectivity index (χ3v) is 2.31. The van der Waals surface area contributed by atoms with Gasteiger partial charge in [-0.25, -0.2) is 0 Å². The molecule has 17 heavy (non-hydrogen) atoms. The quantitative estimate of drug-likeness (QED) is 0.580. The van der Waals surface area contributed by atoms with Gasteiger partial charge in [0.1, 0.15) is 0 Å². The van der Waals surface area contributed by atoms with Gasteiger partial charge in [-0.3, -0.25) is 9.48 Å². The third-order valence-electron chi connectivity index (χ3n) is 2.31. The van der Waals surface area contributed by atoms with Gasteiger partial charge < -0.3 is 0 Å². The van der Waals surface area contributed by atoms with E-state index < -0.39 is 0 Å². The molecule has 0 spiro atoms. The van der Waals surface area contributed by atoms with Crippen LogP contribution in [0.4, 0.5) is 0 Å². The fraction of sp³-hybridized carbons (Fsp3) is 0.273. The van der Waals surface area contributed by atoms with Crippen molar-refractivity contribution in [1.82, 2.24) is 24.8 Å². The van der Waals surface area contributed by atoms with Crippen LogP contribution >= 0.6 is 0 Å². The van der Waals surface area contributed by atoms with Crippen molar-refractivity contribution in [1.29, 1.82) is 0 Å². The molecule has 2 aromatic heterocycles. The molecule has 6 heteroatoms. The molecule has 2 heterocycles. The molecule has 0 saturated carbocycles. The van der Waals surface area contributed by atoms with Crippen LogP contribution in [0.3, 0.4) is 0 Å². The zero-order valence-corrected chi connectivity index (χ0v) is 9.74. The van der Waals surface area contributed by atoms with E-state index >= 15 is 0 Å². The Morgan fingerprint density at radius 2 is 2.29 bits per heavy atom. The van der Waals surface area contributed by atoms with Gasteiger partial charge in [0, 0.05) is 19.8 Å². The standard InChI is InChI=1S/C11H13N5O/c1-3-16-9(6-7-12-16)4-5-11(17)10-8-13-15(2)14-10/h4-8H,3H2,1-2H3. The van der Waals surface area contributed by atoms with Gasteiger partial charge in [-0.05, 0) is 25.1 Å². The summed E-state index contributed by atoms with van der Waals surface area (Å²) in [5, 5.41) is 11.9. The molecule has 2 aromatic rings. The summed E-state index contributed by atoms with van der Waals surface area (Å²) in [6, 6.07) is 1.85. The summed E-state index contributed by atoms with van der Waals surface area (Å²) in [6.07, 6.45) is 6.36. The zero-order valence-electron chi connectivity index (χ0n) is 9.74. The van der Waals surface area contributed by atoms with E-state index in [1.54, 1.807) is 24.0 Å². The van der Waals surface area contributed by atoms with Gasteiger partial charge in [0.25, 0.3) is 0 Å². The maximum Gasteiger partial charge on any atom is 0.207 e. The van der Waals surface area contributed by atoms with Crippen LogP contribution in [-0.4, -0.2) is 30.6 Å². The first kappa shape index (κ1) is 11.3. The van der Waals surface area contributed by atoms with Crippen molar-refractivity contribution in [2.75, 3.05) is 0 Å². The second kappa shape index (κ2) is 4.73. The molecular weight excluding hydrogens is 218 g/mol. The first-order chi connectivity index (χ1) is 8.20. The monoisotopic (exact) mass is 231 g/mol. The molecular formula is C11H13N5O. The Hall–Kier alpha value is -2.24. The molecule has 6 nitrogen and oxygen atoms in total. The van der Waals surface area contributed by atoms with Gasteiger partial charge in [0.15, 0.2) is 5.69 Å². The van der Waals surface area contributed by atoms with Crippen molar-refractivity contribution in [3.8, 4) is 0 Å². The highest BCUT2D eigenvalue weighted by Crippen LogP contribution is 2.03. The fourth-order valence-corrected chi connectivity index (χ4v) is 1.45. The molecule has 0 N–H and O–H groups in total. The minimum atomic E-state index is -0.165. The number of carbonyl (C=O) groups is 1. The second-order valence-electron chi connectivity index (χ2n) is 3.49. The summed E-state index contributed by atoms with van der Waals surface area (Å²) in [6.45, 7) is 2.76. The Morgan fingerprint density at radius 1 is 1.47 bits per heavy atom. The number of nitrogens with zero attached hydrogens (tertiary/aromatic N) is 5. The first-order valence-electron chi connectivity index (χ1n) is 5.31. The number of allylic oxidation sites excluding steroid dienone is 1. The predicted molar refractivity (Wildman–Crippen MR) is 62.3 cm³/mol. The number of ketones is 1. The molecule has 0 aromatic carbocycles. The van der Waals surface area contributed by atoms with Crippen molar-refractivity contribution in [2.45, 2.75) is 13.5 Å². The Bertz CT molecular complexity index is 552. The number of rotatable bonds is 4. The first-order valence-corrected chi connectivity index (χ1v) is 5.31. The topological polar surface area (TPSA) is 65.6 Å². The summed E-state index contributed by atoms with van der Waals surface area (Å²) in [5.74, 6) is -0.165. The predicted octanol–water partition coefficient (Wildman–Crippen LogP) is 0.928.